The van der Waals surface area contributed by atoms with Gasteiger partial charge in [-0.1, -0.05) is 6.07 Å². The van der Waals surface area contributed by atoms with Crippen molar-refractivity contribution in [2.45, 2.75) is 6.92 Å². The van der Waals surface area contributed by atoms with Gasteiger partial charge in [-0.15, -0.1) is 11.3 Å². The van der Waals surface area contributed by atoms with E-state index in [2.05, 4.69) is 15.6 Å². The van der Waals surface area contributed by atoms with Crippen molar-refractivity contribution in [3.8, 4) is 0 Å². The fourth-order valence-electron chi connectivity index (χ4n) is 2.08. The van der Waals surface area contributed by atoms with E-state index in [0.29, 0.717) is 11.5 Å². The zero-order chi connectivity index (χ0) is 14.7. The second-order valence-electron chi connectivity index (χ2n) is 4.57. The highest BCUT2D eigenvalue weighted by molar-refractivity contribution is 7.17. The Bertz CT molecular complexity index is 782. The van der Waals surface area contributed by atoms with E-state index in [0.717, 1.165) is 17.6 Å². The minimum atomic E-state index is -0.204. The van der Waals surface area contributed by atoms with Crippen LogP contribution in [0.2, 0.25) is 0 Å². The van der Waals surface area contributed by atoms with Crippen LogP contribution >= 0.6 is 11.3 Å². The maximum Gasteiger partial charge on any atom is 0.274 e. The monoisotopic (exact) mass is 297 g/mol. The molecule has 3 rings (SSSR count). The van der Waals surface area contributed by atoms with Crippen molar-refractivity contribution in [1.29, 1.82) is 0 Å². The zero-order valence-electron chi connectivity index (χ0n) is 11.6. The Morgan fingerprint density at radius 3 is 3.00 bits per heavy atom. The van der Waals surface area contributed by atoms with E-state index in [-0.39, 0.29) is 5.91 Å². The predicted octanol–water partition coefficient (Wildman–Crippen LogP) is 3.98. The van der Waals surface area contributed by atoms with Crippen LogP contribution < -0.4 is 10.6 Å². The fraction of sp³-hybridized carbons (Fsp3) is 0.125. The van der Waals surface area contributed by atoms with Gasteiger partial charge in [0, 0.05) is 16.9 Å². The number of pyridine rings is 1. The van der Waals surface area contributed by atoms with E-state index < -0.39 is 0 Å². The second-order valence-corrected chi connectivity index (χ2v) is 5.51. The van der Waals surface area contributed by atoms with Gasteiger partial charge >= 0.3 is 0 Å². The average molecular weight is 297 g/mol. The minimum Gasteiger partial charge on any atom is -0.370 e. The molecule has 106 valence electrons. The summed E-state index contributed by atoms with van der Waals surface area (Å²) in [5.74, 6) is 0.503. The van der Waals surface area contributed by atoms with E-state index in [9.17, 15) is 4.79 Å². The van der Waals surface area contributed by atoms with Gasteiger partial charge in [-0.25, -0.2) is 4.98 Å². The topological polar surface area (TPSA) is 54.0 Å². The predicted molar refractivity (Wildman–Crippen MR) is 88.2 cm³/mol. The third-order valence-corrected chi connectivity index (χ3v) is 3.95. The summed E-state index contributed by atoms with van der Waals surface area (Å²) in [5, 5.41) is 9.15. The van der Waals surface area contributed by atoms with Crippen molar-refractivity contribution in [2.24, 2.45) is 0 Å². The smallest absolute Gasteiger partial charge is 0.274 e. The summed E-state index contributed by atoms with van der Waals surface area (Å²) in [6, 6.07) is 13.3. The van der Waals surface area contributed by atoms with Crippen molar-refractivity contribution in [1.82, 2.24) is 4.98 Å². The average Bonchev–Trinajstić information content (AvgIpc) is 2.95. The summed E-state index contributed by atoms with van der Waals surface area (Å²) in [6.07, 6.45) is 0. The molecule has 1 amide bonds. The van der Waals surface area contributed by atoms with Crippen LogP contribution in [0.3, 0.4) is 0 Å². The van der Waals surface area contributed by atoms with Gasteiger partial charge in [-0.3, -0.25) is 4.79 Å². The lowest BCUT2D eigenvalue weighted by atomic mass is 10.2. The van der Waals surface area contributed by atoms with Gasteiger partial charge in [-0.2, -0.15) is 0 Å². The molecule has 2 N–H and O–H groups in total. The number of aromatic nitrogens is 1. The molecule has 0 aliphatic carbocycles. The summed E-state index contributed by atoms with van der Waals surface area (Å²) in [7, 11) is 0. The number of hydrogen-bond acceptors (Lipinski definition) is 4. The molecule has 4 nitrogen and oxygen atoms in total. The number of fused-ring (bicyclic) bond motifs is 1. The molecule has 0 radical (unpaired) electrons. The van der Waals surface area contributed by atoms with Crippen molar-refractivity contribution >= 4 is 38.8 Å². The lowest BCUT2D eigenvalue weighted by Gasteiger charge is -2.07. The Hall–Kier alpha value is -2.40. The first-order valence-electron chi connectivity index (χ1n) is 6.76. The van der Waals surface area contributed by atoms with Crippen LogP contribution in [-0.4, -0.2) is 17.4 Å². The molecule has 0 bridgehead atoms. The van der Waals surface area contributed by atoms with E-state index in [4.69, 9.17) is 0 Å². The van der Waals surface area contributed by atoms with Crippen molar-refractivity contribution in [2.75, 3.05) is 17.2 Å². The lowest BCUT2D eigenvalue weighted by Crippen LogP contribution is -2.14. The number of nitrogens with zero attached hydrogens (tertiary/aromatic N) is 1. The Morgan fingerprint density at radius 1 is 1.24 bits per heavy atom. The first-order chi connectivity index (χ1) is 10.3. The highest BCUT2D eigenvalue weighted by Crippen LogP contribution is 2.24. The molecule has 0 spiro atoms. The molecule has 0 unspecified atom stereocenters. The van der Waals surface area contributed by atoms with E-state index in [1.54, 1.807) is 17.4 Å². The van der Waals surface area contributed by atoms with Crippen molar-refractivity contribution in [3.63, 3.8) is 0 Å². The van der Waals surface area contributed by atoms with Gasteiger partial charge in [0.15, 0.2) is 0 Å². The maximum absolute atomic E-state index is 12.2. The number of anilines is 2. The van der Waals surface area contributed by atoms with Gasteiger partial charge in [0.2, 0.25) is 0 Å². The minimum absolute atomic E-state index is 0.204. The Balaban J connectivity index is 1.80. The number of carbonyl (C=O) groups excluding carboxylic acids is 1. The number of rotatable bonds is 4. The quantitative estimate of drug-likeness (QED) is 0.766. The normalized spacial score (nSPS) is 10.5. The lowest BCUT2D eigenvalue weighted by molar-refractivity contribution is 0.102. The molecule has 0 saturated heterocycles. The number of carbonyl (C=O) groups is 1. The summed E-state index contributed by atoms with van der Waals surface area (Å²) in [5.41, 5.74) is 1.18. The van der Waals surface area contributed by atoms with Crippen LogP contribution in [0.15, 0.2) is 47.8 Å². The Kier molecular flexibility index (Phi) is 3.83. The molecule has 0 aliphatic rings. The zero-order valence-corrected chi connectivity index (χ0v) is 12.4. The maximum atomic E-state index is 12.2. The SMILES string of the molecule is CCNc1cccc(C(=O)Nc2ccc3sccc3c2)n1. The number of benzene rings is 1. The van der Waals surface area contributed by atoms with Crippen molar-refractivity contribution in [3.05, 3.63) is 53.5 Å². The first kappa shape index (κ1) is 13.6. The van der Waals surface area contributed by atoms with Crippen molar-refractivity contribution < 1.29 is 4.79 Å². The largest absolute Gasteiger partial charge is 0.370 e. The van der Waals surface area contributed by atoms with E-state index in [1.807, 2.05) is 48.7 Å². The number of thiophene rings is 1. The third-order valence-electron chi connectivity index (χ3n) is 3.05. The van der Waals surface area contributed by atoms with E-state index in [1.165, 1.54) is 4.70 Å². The number of amides is 1. The molecule has 21 heavy (non-hydrogen) atoms. The van der Waals surface area contributed by atoms with Crippen LogP contribution in [0.1, 0.15) is 17.4 Å². The highest BCUT2D eigenvalue weighted by Gasteiger charge is 2.09. The Labute approximate surface area is 126 Å². The van der Waals surface area contributed by atoms with Gasteiger partial charge < -0.3 is 10.6 Å². The second kappa shape index (κ2) is 5.93. The molecule has 0 aliphatic heterocycles. The molecule has 5 heteroatoms. The van der Waals surface area contributed by atoms with Gasteiger partial charge in [0.25, 0.3) is 5.91 Å². The molecular weight excluding hydrogens is 282 g/mol. The molecule has 2 aromatic heterocycles. The highest BCUT2D eigenvalue weighted by atomic mass is 32.1. The number of nitrogens with one attached hydrogen (secondary N) is 2. The Morgan fingerprint density at radius 2 is 2.14 bits per heavy atom. The van der Waals surface area contributed by atoms with Crippen LogP contribution in [-0.2, 0) is 0 Å². The summed E-state index contributed by atoms with van der Waals surface area (Å²) < 4.78 is 1.21. The molecule has 0 atom stereocenters. The summed E-state index contributed by atoms with van der Waals surface area (Å²) in [6.45, 7) is 2.76. The van der Waals surface area contributed by atoms with Gasteiger partial charge in [0.05, 0.1) is 0 Å². The summed E-state index contributed by atoms with van der Waals surface area (Å²) >= 11 is 1.69. The standard InChI is InChI=1S/C16H15N3OS/c1-2-17-15-5-3-4-13(19-15)16(20)18-12-6-7-14-11(10-12)8-9-21-14/h3-10H,2H2,1H3,(H,17,19)(H,18,20). The molecule has 0 saturated carbocycles. The molecule has 3 aromatic rings. The van der Waals surface area contributed by atoms with Gasteiger partial charge in [0.1, 0.15) is 11.5 Å². The molecular formula is C16H15N3OS. The van der Waals surface area contributed by atoms with Crippen LogP contribution in [0.4, 0.5) is 11.5 Å². The first-order valence-corrected chi connectivity index (χ1v) is 7.64. The molecule has 2 heterocycles. The van der Waals surface area contributed by atoms with Crippen LogP contribution in [0.25, 0.3) is 10.1 Å². The third kappa shape index (κ3) is 3.03. The molecule has 1 aromatic carbocycles. The fourth-order valence-corrected chi connectivity index (χ4v) is 2.85. The number of hydrogen-bond donors (Lipinski definition) is 2. The van der Waals surface area contributed by atoms with Crippen LogP contribution in [0, 0.1) is 0 Å². The molecule has 0 fully saturated rings. The summed E-state index contributed by atoms with van der Waals surface area (Å²) in [4.78, 5) is 16.5. The van der Waals surface area contributed by atoms with Crippen LogP contribution in [0.5, 0.6) is 0 Å². The van der Waals surface area contributed by atoms with E-state index >= 15 is 0 Å². The van der Waals surface area contributed by atoms with Gasteiger partial charge in [-0.05, 0) is 54.1 Å².